The number of ether oxygens (including phenoxy) is 1. The average Bonchev–Trinajstić information content (AvgIpc) is 3.03. The van der Waals surface area contributed by atoms with Gasteiger partial charge in [-0.25, -0.2) is 0 Å². The first-order chi connectivity index (χ1) is 10.7. The maximum absolute atomic E-state index is 12.7. The smallest absolute Gasteiger partial charge is 0.226 e. The van der Waals surface area contributed by atoms with E-state index in [-0.39, 0.29) is 5.92 Å². The minimum Gasteiger partial charge on any atom is -0.376 e. The molecule has 3 aliphatic rings. The number of carbonyl (C=O) groups excluding carboxylic acids is 1. The molecule has 1 saturated carbocycles. The second-order valence-corrected chi connectivity index (χ2v) is 7.27. The first kappa shape index (κ1) is 16.2. The van der Waals surface area contributed by atoms with Gasteiger partial charge in [-0.15, -0.1) is 0 Å². The van der Waals surface area contributed by atoms with E-state index in [2.05, 4.69) is 16.7 Å². The topological polar surface area (TPSA) is 58.8 Å². The number of amides is 1. The Bertz CT molecular complexity index is 382. The number of hydrogen-bond acceptors (Lipinski definition) is 4. The largest absolute Gasteiger partial charge is 0.376 e. The molecule has 0 aromatic heterocycles. The maximum atomic E-state index is 12.7. The first-order valence-electron chi connectivity index (χ1n) is 9.03. The third-order valence-electron chi connectivity index (χ3n) is 5.84. The lowest BCUT2D eigenvalue weighted by atomic mass is 9.93. The number of nitrogens with two attached hydrogens (primary N) is 1. The van der Waals surface area contributed by atoms with Crippen LogP contribution in [0.3, 0.4) is 0 Å². The van der Waals surface area contributed by atoms with Crippen LogP contribution in [0.15, 0.2) is 0 Å². The van der Waals surface area contributed by atoms with Crippen molar-refractivity contribution in [2.75, 3.05) is 39.3 Å². The van der Waals surface area contributed by atoms with Gasteiger partial charge in [0, 0.05) is 38.1 Å². The lowest BCUT2D eigenvalue weighted by molar-refractivity contribution is -0.138. The molecule has 0 radical (unpaired) electrons. The zero-order valence-corrected chi connectivity index (χ0v) is 13.9. The van der Waals surface area contributed by atoms with E-state index in [4.69, 9.17) is 10.5 Å². The van der Waals surface area contributed by atoms with Crippen LogP contribution in [0.2, 0.25) is 0 Å². The molecular formula is C17H31N3O2. The molecule has 2 saturated heterocycles. The van der Waals surface area contributed by atoms with Crippen molar-refractivity contribution in [3.8, 4) is 0 Å². The molecule has 1 amide bonds. The predicted molar refractivity (Wildman–Crippen MR) is 86.5 cm³/mol. The summed E-state index contributed by atoms with van der Waals surface area (Å²) in [5, 5.41) is 0. The lowest BCUT2D eigenvalue weighted by Gasteiger charge is -2.42. The fraction of sp³-hybridized carbons (Fsp3) is 0.941. The minimum atomic E-state index is 0.199. The zero-order valence-electron chi connectivity index (χ0n) is 13.9. The Kier molecular flexibility index (Phi) is 5.37. The Morgan fingerprint density at radius 2 is 1.95 bits per heavy atom. The van der Waals surface area contributed by atoms with Gasteiger partial charge >= 0.3 is 0 Å². The van der Waals surface area contributed by atoms with Gasteiger partial charge in [-0.2, -0.15) is 0 Å². The van der Waals surface area contributed by atoms with Gasteiger partial charge in [0.2, 0.25) is 5.91 Å². The number of piperidine rings is 1. The Morgan fingerprint density at radius 1 is 1.18 bits per heavy atom. The molecule has 5 nitrogen and oxygen atoms in total. The third-order valence-corrected chi connectivity index (χ3v) is 5.84. The molecule has 2 heterocycles. The molecule has 5 heteroatoms. The summed E-state index contributed by atoms with van der Waals surface area (Å²) in [6.07, 6.45) is 5.91. The highest BCUT2D eigenvalue weighted by molar-refractivity contribution is 5.79. The van der Waals surface area contributed by atoms with Crippen LogP contribution in [-0.4, -0.2) is 67.2 Å². The van der Waals surface area contributed by atoms with Crippen molar-refractivity contribution in [3.63, 3.8) is 0 Å². The highest BCUT2D eigenvalue weighted by Gasteiger charge is 2.36. The molecule has 0 bridgehead atoms. The minimum absolute atomic E-state index is 0.199. The van der Waals surface area contributed by atoms with Crippen LogP contribution in [0.1, 0.15) is 39.0 Å². The maximum Gasteiger partial charge on any atom is 0.226 e. The third kappa shape index (κ3) is 3.47. The molecular weight excluding hydrogens is 278 g/mol. The quantitative estimate of drug-likeness (QED) is 0.847. The highest BCUT2D eigenvalue weighted by atomic mass is 16.5. The van der Waals surface area contributed by atoms with Crippen LogP contribution >= 0.6 is 0 Å². The van der Waals surface area contributed by atoms with E-state index in [1.54, 1.807) is 0 Å². The van der Waals surface area contributed by atoms with Crippen LogP contribution in [0.4, 0.5) is 0 Å². The van der Waals surface area contributed by atoms with Crippen molar-refractivity contribution >= 4 is 5.91 Å². The van der Waals surface area contributed by atoms with E-state index < -0.39 is 0 Å². The predicted octanol–water partition coefficient (Wildman–Crippen LogP) is 1.07. The summed E-state index contributed by atoms with van der Waals surface area (Å²) < 4.78 is 5.63. The molecule has 0 aromatic rings. The van der Waals surface area contributed by atoms with Gasteiger partial charge in [-0.05, 0) is 45.1 Å². The molecule has 3 fully saturated rings. The Balaban J connectivity index is 1.50. The average molecular weight is 309 g/mol. The summed E-state index contributed by atoms with van der Waals surface area (Å²) in [5.74, 6) is 0.997. The van der Waals surface area contributed by atoms with Gasteiger partial charge in [-0.3, -0.25) is 9.69 Å². The first-order valence-corrected chi connectivity index (χ1v) is 9.03. The number of likely N-dealkylation sites (tertiary alicyclic amines) is 1. The Labute approximate surface area is 134 Å². The Morgan fingerprint density at radius 3 is 2.64 bits per heavy atom. The Hall–Kier alpha value is -0.650. The molecule has 126 valence electrons. The molecule has 3 atom stereocenters. The van der Waals surface area contributed by atoms with E-state index >= 15 is 0 Å². The molecule has 1 aliphatic carbocycles. The van der Waals surface area contributed by atoms with Crippen LogP contribution in [0.5, 0.6) is 0 Å². The standard InChI is InChI=1S/C17H31N3O2/c1-13-12-20(9-10-22-13)15-5-7-19(8-6-15)17(21)16-4-2-3-14(16)11-18/h13-16H,2-12,18H2,1H3/t13?,14-,16-/m1/s1. The van der Waals surface area contributed by atoms with Crippen molar-refractivity contribution in [3.05, 3.63) is 0 Å². The fourth-order valence-corrected chi connectivity index (χ4v) is 4.51. The number of hydrogen-bond donors (Lipinski definition) is 1. The summed E-state index contributed by atoms with van der Waals surface area (Å²) >= 11 is 0. The molecule has 22 heavy (non-hydrogen) atoms. The van der Waals surface area contributed by atoms with Gasteiger partial charge in [0.25, 0.3) is 0 Å². The number of morpholine rings is 1. The molecule has 2 aliphatic heterocycles. The summed E-state index contributed by atoms with van der Waals surface area (Å²) in [4.78, 5) is 17.4. The van der Waals surface area contributed by atoms with Crippen LogP contribution in [0.25, 0.3) is 0 Å². The number of carbonyl (C=O) groups is 1. The molecule has 1 unspecified atom stereocenters. The van der Waals surface area contributed by atoms with Crippen LogP contribution < -0.4 is 5.73 Å². The SMILES string of the molecule is CC1CN(C2CCN(C(=O)[C@@H]3CCC[C@@H]3CN)CC2)CCO1. The normalized spacial score (nSPS) is 35.0. The van der Waals surface area contributed by atoms with Crippen LogP contribution in [-0.2, 0) is 9.53 Å². The van der Waals surface area contributed by atoms with Crippen molar-refractivity contribution in [2.24, 2.45) is 17.6 Å². The van der Waals surface area contributed by atoms with Crippen LogP contribution in [0, 0.1) is 11.8 Å². The highest BCUT2D eigenvalue weighted by Crippen LogP contribution is 2.33. The van der Waals surface area contributed by atoms with Gasteiger partial charge in [-0.1, -0.05) is 6.42 Å². The summed E-state index contributed by atoms with van der Waals surface area (Å²) in [7, 11) is 0. The molecule has 3 rings (SSSR count). The van der Waals surface area contributed by atoms with Gasteiger partial charge < -0.3 is 15.4 Å². The molecule has 0 aromatic carbocycles. The molecule has 2 N–H and O–H groups in total. The van der Waals surface area contributed by atoms with Gasteiger partial charge in [0.1, 0.15) is 0 Å². The van der Waals surface area contributed by atoms with Crippen molar-refractivity contribution in [2.45, 2.75) is 51.2 Å². The van der Waals surface area contributed by atoms with E-state index in [1.807, 2.05) is 0 Å². The summed E-state index contributed by atoms with van der Waals surface area (Å²) in [6, 6.07) is 0.629. The van der Waals surface area contributed by atoms with Crippen molar-refractivity contribution < 1.29 is 9.53 Å². The van der Waals surface area contributed by atoms with Gasteiger partial charge in [0.15, 0.2) is 0 Å². The van der Waals surface area contributed by atoms with E-state index in [9.17, 15) is 4.79 Å². The molecule has 0 spiro atoms. The van der Waals surface area contributed by atoms with Gasteiger partial charge in [0.05, 0.1) is 12.7 Å². The lowest BCUT2D eigenvalue weighted by Crippen LogP contribution is -2.52. The fourth-order valence-electron chi connectivity index (χ4n) is 4.51. The van der Waals surface area contributed by atoms with E-state index in [0.717, 1.165) is 58.5 Å². The number of nitrogens with zero attached hydrogens (tertiary/aromatic N) is 2. The second kappa shape index (κ2) is 7.28. The monoisotopic (exact) mass is 309 g/mol. The van der Waals surface area contributed by atoms with Crippen molar-refractivity contribution in [1.82, 2.24) is 9.80 Å². The second-order valence-electron chi connectivity index (χ2n) is 7.27. The zero-order chi connectivity index (χ0) is 15.5. The number of rotatable bonds is 3. The van der Waals surface area contributed by atoms with E-state index in [1.165, 1.54) is 6.42 Å². The summed E-state index contributed by atoms with van der Waals surface area (Å²) in [5.41, 5.74) is 5.83. The van der Waals surface area contributed by atoms with Crippen molar-refractivity contribution in [1.29, 1.82) is 0 Å². The summed E-state index contributed by atoms with van der Waals surface area (Å²) in [6.45, 7) is 7.58. The van der Waals surface area contributed by atoms with E-state index in [0.29, 0.717) is 30.5 Å².